The van der Waals surface area contributed by atoms with Crippen molar-refractivity contribution in [2.24, 2.45) is 0 Å². The van der Waals surface area contributed by atoms with E-state index in [0.29, 0.717) is 0 Å². The summed E-state index contributed by atoms with van der Waals surface area (Å²) >= 11 is 0. The molecule has 1 aliphatic rings. The van der Waals surface area contributed by atoms with Gasteiger partial charge in [-0.25, -0.2) is 0 Å². The van der Waals surface area contributed by atoms with E-state index in [0.717, 1.165) is 6.54 Å². The van der Waals surface area contributed by atoms with Crippen LogP contribution in [-0.2, 0) is 12.0 Å². The van der Waals surface area contributed by atoms with Gasteiger partial charge in [0, 0.05) is 33.8 Å². The fraction of sp³-hybridized carbons (Fsp3) is 0.415. The number of aryl methyl sites for hydroxylation is 3. The molecule has 42 heavy (non-hydrogen) atoms. The first-order valence-corrected chi connectivity index (χ1v) is 16.8. The van der Waals surface area contributed by atoms with E-state index in [-0.39, 0.29) is 5.41 Å². The number of fused-ring (bicyclic) bond motifs is 6. The average molecular weight is 556 g/mol. The van der Waals surface area contributed by atoms with Gasteiger partial charge in [-0.15, -0.1) is 0 Å². The van der Waals surface area contributed by atoms with Gasteiger partial charge in [0.1, 0.15) is 0 Å². The lowest BCUT2D eigenvalue weighted by Gasteiger charge is -2.33. The van der Waals surface area contributed by atoms with Gasteiger partial charge in [-0.05, 0) is 90.8 Å². The Balaban J connectivity index is 1.49. The summed E-state index contributed by atoms with van der Waals surface area (Å²) in [4.78, 5) is 0. The smallest absolute Gasteiger partial charge is 0.0497 e. The molecule has 1 heterocycles. The van der Waals surface area contributed by atoms with Crippen LogP contribution in [0.1, 0.15) is 107 Å². The van der Waals surface area contributed by atoms with Gasteiger partial charge in [-0.1, -0.05) is 125 Å². The molecule has 0 N–H and O–H groups in total. The fourth-order valence-corrected chi connectivity index (χ4v) is 7.88. The number of unbranched alkanes of at least 4 members (excludes halogenated alkanes) is 6. The zero-order valence-electron chi connectivity index (χ0n) is 26.7. The second-order valence-corrected chi connectivity index (χ2v) is 13.0. The van der Waals surface area contributed by atoms with Crippen molar-refractivity contribution in [3.63, 3.8) is 0 Å². The second kappa shape index (κ2) is 12.1. The van der Waals surface area contributed by atoms with E-state index in [4.69, 9.17) is 0 Å². The van der Waals surface area contributed by atoms with E-state index in [1.807, 2.05) is 0 Å². The van der Waals surface area contributed by atoms with E-state index in [1.54, 1.807) is 11.1 Å². The Morgan fingerprint density at radius 3 is 1.71 bits per heavy atom. The van der Waals surface area contributed by atoms with Crippen molar-refractivity contribution in [2.75, 3.05) is 0 Å². The van der Waals surface area contributed by atoms with Gasteiger partial charge in [-0.3, -0.25) is 0 Å². The Hall–Kier alpha value is -3.32. The van der Waals surface area contributed by atoms with Crippen LogP contribution in [-0.4, -0.2) is 4.57 Å². The van der Waals surface area contributed by atoms with Gasteiger partial charge < -0.3 is 4.57 Å². The first-order valence-electron chi connectivity index (χ1n) is 16.8. The molecule has 4 aromatic carbocycles. The van der Waals surface area contributed by atoms with E-state index in [1.165, 1.54) is 119 Å². The standard InChI is InChI=1S/C41H49N/c1-6-9-11-13-23-41(24-14-12-10-7-2)37-25-29(4)15-19-33(37)34-21-17-31(27-38(34)41)32-18-22-36-35-20-16-30(5)26-39(35)42(8-3)40(36)28-32/h15-22,25-28H,6-14,23-24H2,1-5H3. The van der Waals surface area contributed by atoms with Crippen LogP contribution in [0.4, 0.5) is 0 Å². The lowest BCUT2D eigenvalue weighted by molar-refractivity contribution is 0.401. The molecule has 0 unspecified atom stereocenters. The molecule has 0 saturated heterocycles. The normalized spacial score (nSPS) is 13.6. The largest absolute Gasteiger partial charge is 0.341 e. The molecule has 0 radical (unpaired) electrons. The van der Waals surface area contributed by atoms with Gasteiger partial charge in [0.25, 0.3) is 0 Å². The second-order valence-electron chi connectivity index (χ2n) is 13.0. The highest BCUT2D eigenvalue weighted by Crippen LogP contribution is 2.55. The van der Waals surface area contributed by atoms with Crippen molar-refractivity contribution in [3.05, 3.63) is 95.1 Å². The van der Waals surface area contributed by atoms with Crippen LogP contribution >= 0.6 is 0 Å². The average Bonchev–Trinajstić information content (AvgIpc) is 3.45. The highest BCUT2D eigenvalue weighted by molar-refractivity contribution is 6.09. The molecule has 6 rings (SSSR count). The summed E-state index contributed by atoms with van der Waals surface area (Å²) in [5.74, 6) is 0. The third-order valence-electron chi connectivity index (χ3n) is 10.1. The molecule has 0 saturated carbocycles. The maximum absolute atomic E-state index is 2.59. The van der Waals surface area contributed by atoms with Crippen LogP contribution in [0.2, 0.25) is 0 Å². The van der Waals surface area contributed by atoms with Crippen LogP contribution in [0, 0.1) is 13.8 Å². The lowest BCUT2D eigenvalue weighted by atomic mass is 9.70. The Labute approximate surface area is 254 Å². The zero-order chi connectivity index (χ0) is 29.3. The monoisotopic (exact) mass is 555 g/mol. The molecule has 0 aliphatic heterocycles. The minimum absolute atomic E-state index is 0.119. The molecule has 0 atom stereocenters. The Bertz CT molecular complexity index is 1700. The van der Waals surface area contributed by atoms with Gasteiger partial charge in [0.15, 0.2) is 0 Å². The number of hydrogen-bond donors (Lipinski definition) is 0. The van der Waals surface area contributed by atoms with Crippen LogP contribution in [0.25, 0.3) is 44.1 Å². The van der Waals surface area contributed by atoms with Crippen molar-refractivity contribution in [3.8, 4) is 22.3 Å². The van der Waals surface area contributed by atoms with Crippen molar-refractivity contribution < 1.29 is 0 Å². The molecule has 218 valence electrons. The third kappa shape index (κ3) is 5.00. The van der Waals surface area contributed by atoms with Gasteiger partial charge >= 0.3 is 0 Å². The van der Waals surface area contributed by atoms with Crippen LogP contribution < -0.4 is 0 Å². The summed E-state index contributed by atoms with van der Waals surface area (Å²) in [5, 5.41) is 2.72. The lowest BCUT2D eigenvalue weighted by Crippen LogP contribution is -2.25. The van der Waals surface area contributed by atoms with Gasteiger partial charge in [-0.2, -0.15) is 0 Å². The first kappa shape index (κ1) is 28.8. The summed E-state index contributed by atoms with van der Waals surface area (Å²) in [6.45, 7) is 12.4. The Kier molecular flexibility index (Phi) is 8.30. The van der Waals surface area contributed by atoms with Crippen molar-refractivity contribution in [2.45, 2.75) is 111 Å². The fourth-order valence-electron chi connectivity index (χ4n) is 7.88. The minimum atomic E-state index is 0.119. The molecule has 0 amide bonds. The van der Waals surface area contributed by atoms with Gasteiger partial charge in [0.05, 0.1) is 0 Å². The van der Waals surface area contributed by atoms with E-state index >= 15 is 0 Å². The molecule has 1 heteroatoms. The molecule has 0 fully saturated rings. The predicted molar refractivity (Wildman–Crippen MR) is 184 cm³/mol. The molecule has 1 nitrogen and oxygen atoms in total. The SMILES string of the molecule is CCCCCCC1(CCCCCC)c2cc(C)ccc2-c2ccc(-c3ccc4c5ccc(C)cc5n(CC)c4c3)cc21. The molecule has 0 bridgehead atoms. The topological polar surface area (TPSA) is 4.93 Å². The Morgan fingerprint density at radius 2 is 1.05 bits per heavy atom. The highest BCUT2D eigenvalue weighted by Gasteiger charge is 2.42. The summed E-state index contributed by atoms with van der Waals surface area (Å²) in [6.07, 6.45) is 13.0. The molecule has 0 spiro atoms. The zero-order valence-corrected chi connectivity index (χ0v) is 26.7. The summed E-state index contributed by atoms with van der Waals surface area (Å²) in [5.41, 5.74) is 14.3. The predicted octanol–water partition coefficient (Wildman–Crippen LogP) is 12.3. The molecular weight excluding hydrogens is 506 g/mol. The molecule has 5 aromatic rings. The Morgan fingerprint density at radius 1 is 0.524 bits per heavy atom. The van der Waals surface area contributed by atoms with Crippen molar-refractivity contribution in [1.29, 1.82) is 0 Å². The summed E-state index contributed by atoms with van der Waals surface area (Å²) in [6, 6.07) is 28.8. The number of rotatable bonds is 12. The summed E-state index contributed by atoms with van der Waals surface area (Å²) < 4.78 is 2.50. The molecule has 1 aliphatic carbocycles. The number of hydrogen-bond acceptors (Lipinski definition) is 0. The quantitative estimate of drug-likeness (QED) is 0.135. The number of aromatic nitrogens is 1. The van der Waals surface area contributed by atoms with Crippen LogP contribution in [0.3, 0.4) is 0 Å². The van der Waals surface area contributed by atoms with Crippen LogP contribution in [0.15, 0.2) is 72.8 Å². The molecular formula is C41H49N. The maximum Gasteiger partial charge on any atom is 0.0497 e. The van der Waals surface area contributed by atoms with Crippen LogP contribution in [0.5, 0.6) is 0 Å². The first-order chi connectivity index (χ1) is 20.5. The number of nitrogens with zero attached hydrogens (tertiary/aromatic N) is 1. The summed E-state index contributed by atoms with van der Waals surface area (Å²) in [7, 11) is 0. The van der Waals surface area contributed by atoms with Crippen molar-refractivity contribution >= 4 is 21.8 Å². The van der Waals surface area contributed by atoms with E-state index in [9.17, 15) is 0 Å². The number of benzene rings is 4. The third-order valence-corrected chi connectivity index (χ3v) is 10.1. The maximum atomic E-state index is 2.59. The highest BCUT2D eigenvalue weighted by atomic mass is 15.0. The minimum Gasteiger partial charge on any atom is -0.341 e. The van der Waals surface area contributed by atoms with Gasteiger partial charge in [0.2, 0.25) is 0 Å². The van der Waals surface area contributed by atoms with E-state index < -0.39 is 0 Å². The van der Waals surface area contributed by atoms with E-state index in [2.05, 4.69) is 112 Å². The van der Waals surface area contributed by atoms with Crippen molar-refractivity contribution in [1.82, 2.24) is 4.57 Å². The molecule has 1 aromatic heterocycles.